The predicted octanol–water partition coefficient (Wildman–Crippen LogP) is 0.453. The fraction of sp³-hybridized carbons (Fsp3) is 0. The molecular weight excluding hydrogens is 161 g/mol. The lowest BCUT2D eigenvalue weighted by atomic mass is 9.92. The highest BCUT2D eigenvalue weighted by atomic mass is 15.2. The third-order valence-electron chi connectivity index (χ3n) is 1.90. The second-order valence-corrected chi connectivity index (χ2v) is 2.76. The zero-order valence-electron chi connectivity index (χ0n) is 6.99. The van der Waals surface area contributed by atoms with Crippen LogP contribution in [-0.4, -0.2) is 18.0 Å². The number of nitrogens with one attached hydrogen (secondary N) is 1. The van der Waals surface area contributed by atoms with Crippen molar-refractivity contribution in [1.82, 2.24) is 10.2 Å². The van der Waals surface area contributed by atoms with Crippen molar-refractivity contribution in [3.8, 4) is 11.3 Å². The Kier molecular flexibility index (Phi) is 1.81. The summed E-state index contributed by atoms with van der Waals surface area (Å²) in [5.74, 6) is 0.346. The lowest BCUT2D eigenvalue weighted by molar-refractivity contribution is 1.10. The number of anilines is 1. The molecule has 3 nitrogen and oxygen atoms in total. The van der Waals surface area contributed by atoms with Crippen LogP contribution in [0.25, 0.3) is 11.3 Å². The van der Waals surface area contributed by atoms with E-state index < -0.39 is 0 Å². The van der Waals surface area contributed by atoms with Crippen LogP contribution in [0.5, 0.6) is 0 Å². The van der Waals surface area contributed by atoms with Crippen LogP contribution in [0, 0.1) is 0 Å². The number of hydrogen-bond acceptors (Lipinski definition) is 2. The molecule has 2 radical (unpaired) electrons. The average molecular weight is 169 g/mol. The van der Waals surface area contributed by atoms with Gasteiger partial charge in [0.25, 0.3) is 0 Å². The molecule has 0 aliphatic rings. The molecule has 62 valence electrons. The molecule has 0 bridgehead atoms. The van der Waals surface area contributed by atoms with Gasteiger partial charge >= 0.3 is 0 Å². The van der Waals surface area contributed by atoms with Crippen molar-refractivity contribution in [1.29, 1.82) is 0 Å². The molecule has 0 saturated carbocycles. The zero-order valence-corrected chi connectivity index (χ0v) is 6.99. The van der Waals surface area contributed by atoms with Gasteiger partial charge in [0.2, 0.25) is 0 Å². The molecule has 2 rings (SSSR count). The summed E-state index contributed by atoms with van der Waals surface area (Å²) in [5.41, 5.74) is 7.78. The number of aromatic nitrogens is 2. The maximum absolute atomic E-state index is 5.72. The Morgan fingerprint density at radius 2 is 1.92 bits per heavy atom. The maximum Gasteiger partial charge on any atom is 0.138 e. The van der Waals surface area contributed by atoms with Gasteiger partial charge in [-0.1, -0.05) is 30.3 Å². The van der Waals surface area contributed by atoms with E-state index in [0.717, 1.165) is 11.3 Å². The second kappa shape index (κ2) is 2.97. The second-order valence-electron chi connectivity index (χ2n) is 2.76. The van der Waals surface area contributed by atoms with E-state index in [4.69, 9.17) is 13.6 Å². The number of nitrogens with two attached hydrogens (primary N) is 1. The van der Waals surface area contributed by atoms with Crippen LogP contribution in [0.3, 0.4) is 0 Å². The highest BCUT2D eigenvalue weighted by molar-refractivity contribution is 6.38. The number of aromatic amines is 1. The van der Waals surface area contributed by atoms with Crippen molar-refractivity contribution in [2.75, 3.05) is 5.73 Å². The number of nitrogens with zero attached hydrogens (tertiary/aromatic N) is 1. The number of hydrogen-bond donors (Lipinski definition) is 2. The first-order valence-electron chi connectivity index (χ1n) is 3.94. The number of H-pyrrole nitrogens is 1. The first-order chi connectivity index (χ1) is 6.29. The molecule has 0 saturated heterocycles. The molecule has 0 fully saturated rings. The van der Waals surface area contributed by atoms with Gasteiger partial charge < -0.3 is 5.73 Å². The van der Waals surface area contributed by atoms with Crippen LogP contribution in [0.15, 0.2) is 30.3 Å². The molecular formula is C9H8BN3. The quantitative estimate of drug-likeness (QED) is 0.609. The Balaban J connectivity index is 2.53. The number of benzene rings is 1. The summed E-state index contributed by atoms with van der Waals surface area (Å²) in [7, 11) is 5.72. The molecule has 0 unspecified atom stereocenters. The molecule has 2 aromatic rings. The van der Waals surface area contributed by atoms with Crippen molar-refractivity contribution < 1.29 is 0 Å². The van der Waals surface area contributed by atoms with Crippen molar-refractivity contribution in [3.05, 3.63) is 30.3 Å². The highest BCUT2D eigenvalue weighted by Crippen LogP contribution is 2.14. The fourth-order valence-corrected chi connectivity index (χ4v) is 1.19. The van der Waals surface area contributed by atoms with Gasteiger partial charge in [0.05, 0.1) is 5.69 Å². The topological polar surface area (TPSA) is 54.7 Å². The van der Waals surface area contributed by atoms with Crippen molar-refractivity contribution in [3.63, 3.8) is 0 Å². The minimum Gasteiger partial charge on any atom is -0.383 e. The monoisotopic (exact) mass is 169 g/mol. The van der Waals surface area contributed by atoms with Crippen LogP contribution in [0.2, 0.25) is 0 Å². The van der Waals surface area contributed by atoms with Crippen LogP contribution < -0.4 is 11.2 Å². The van der Waals surface area contributed by atoms with Gasteiger partial charge in [-0.2, -0.15) is 5.10 Å². The predicted molar refractivity (Wildman–Crippen MR) is 53.8 cm³/mol. The van der Waals surface area contributed by atoms with Gasteiger partial charge in [0, 0.05) is 0 Å². The fourth-order valence-electron chi connectivity index (χ4n) is 1.19. The van der Waals surface area contributed by atoms with Crippen LogP contribution in [-0.2, 0) is 0 Å². The highest BCUT2D eigenvalue weighted by Gasteiger charge is 2.05. The van der Waals surface area contributed by atoms with E-state index in [2.05, 4.69) is 10.2 Å². The van der Waals surface area contributed by atoms with Crippen molar-refractivity contribution >= 4 is 19.1 Å². The Morgan fingerprint density at radius 3 is 2.46 bits per heavy atom. The Hall–Kier alpha value is -1.71. The summed E-state index contributed by atoms with van der Waals surface area (Å²) in [4.78, 5) is 0. The smallest absolute Gasteiger partial charge is 0.138 e. The maximum atomic E-state index is 5.72. The number of rotatable bonds is 1. The molecule has 0 atom stereocenters. The third kappa shape index (κ3) is 1.31. The molecule has 0 amide bonds. The Bertz CT molecular complexity index is 408. The summed E-state index contributed by atoms with van der Waals surface area (Å²) < 4.78 is 0. The van der Waals surface area contributed by atoms with E-state index >= 15 is 0 Å². The van der Waals surface area contributed by atoms with Gasteiger partial charge in [0.1, 0.15) is 13.7 Å². The molecule has 0 spiro atoms. The molecule has 0 aliphatic carbocycles. The zero-order chi connectivity index (χ0) is 9.26. The van der Waals surface area contributed by atoms with Crippen molar-refractivity contribution in [2.24, 2.45) is 0 Å². The first-order valence-corrected chi connectivity index (χ1v) is 3.94. The minimum absolute atomic E-state index is 0.346. The van der Waals surface area contributed by atoms with E-state index in [0.29, 0.717) is 11.3 Å². The lowest BCUT2D eigenvalue weighted by Crippen LogP contribution is -2.08. The lowest BCUT2D eigenvalue weighted by Gasteiger charge is -1.98. The summed E-state index contributed by atoms with van der Waals surface area (Å²) >= 11 is 0. The largest absolute Gasteiger partial charge is 0.383 e. The SMILES string of the molecule is [B]c1c(N)n[nH]c1-c1ccccc1. The van der Waals surface area contributed by atoms with Gasteiger partial charge in [-0.05, 0) is 11.0 Å². The summed E-state index contributed by atoms with van der Waals surface area (Å²) in [5, 5.41) is 6.61. The first kappa shape index (κ1) is 7.92. The van der Waals surface area contributed by atoms with E-state index in [1.807, 2.05) is 30.3 Å². The molecule has 4 heteroatoms. The van der Waals surface area contributed by atoms with Crippen LogP contribution in [0.1, 0.15) is 0 Å². The normalized spacial score (nSPS) is 10.2. The number of nitrogen functional groups attached to an aromatic ring is 1. The Labute approximate surface area is 77.4 Å². The van der Waals surface area contributed by atoms with Gasteiger partial charge in [-0.25, -0.2) is 0 Å². The van der Waals surface area contributed by atoms with E-state index in [1.165, 1.54) is 0 Å². The van der Waals surface area contributed by atoms with Crippen LogP contribution in [0.4, 0.5) is 5.82 Å². The summed E-state index contributed by atoms with van der Waals surface area (Å²) in [6.45, 7) is 0. The summed E-state index contributed by atoms with van der Waals surface area (Å²) in [6.07, 6.45) is 0. The molecule has 1 heterocycles. The van der Waals surface area contributed by atoms with E-state index in [-0.39, 0.29) is 0 Å². The molecule has 3 N–H and O–H groups in total. The molecule has 1 aromatic carbocycles. The Morgan fingerprint density at radius 1 is 1.23 bits per heavy atom. The molecule has 0 aliphatic heterocycles. The van der Waals surface area contributed by atoms with Gasteiger partial charge in [-0.15, -0.1) is 0 Å². The minimum atomic E-state index is 0.346. The standard InChI is InChI=1S/C9H8BN3/c10-7-8(12-13-9(7)11)6-4-2-1-3-5-6/h1-5H,(H3,11,12,13). The van der Waals surface area contributed by atoms with Crippen molar-refractivity contribution in [2.45, 2.75) is 0 Å². The van der Waals surface area contributed by atoms with E-state index in [9.17, 15) is 0 Å². The molecule has 1 aromatic heterocycles. The average Bonchev–Trinajstić information content (AvgIpc) is 2.49. The van der Waals surface area contributed by atoms with Gasteiger partial charge in [-0.3, -0.25) is 5.10 Å². The van der Waals surface area contributed by atoms with Gasteiger partial charge in [0.15, 0.2) is 0 Å². The summed E-state index contributed by atoms with van der Waals surface area (Å²) in [6, 6.07) is 9.71. The van der Waals surface area contributed by atoms with E-state index in [1.54, 1.807) is 0 Å². The third-order valence-corrected chi connectivity index (χ3v) is 1.90. The molecule has 13 heavy (non-hydrogen) atoms. The van der Waals surface area contributed by atoms with Crippen LogP contribution >= 0.6 is 0 Å².